The van der Waals surface area contributed by atoms with Crippen LogP contribution < -0.4 is 5.32 Å². The zero-order chi connectivity index (χ0) is 14.3. The minimum absolute atomic E-state index is 0.133. The highest BCUT2D eigenvalue weighted by Crippen LogP contribution is 2.49. The number of thiazole rings is 1. The van der Waals surface area contributed by atoms with Crippen molar-refractivity contribution in [2.45, 2.75) is 52.0 Å². The summed E-state index contributed by atoms with van der Waals surface area (Å²) in [5, 5.41) is 3.21. The standard InChI is InChI=1S/C15H22N2OS2/c1-8(12-6-10-3-4-11(12)5-10)16-14(18)7-13-9(2)17-15(19)20-13/h8,10-12H,3-7H2,1-2H3,(H,16,18)(H,17,19)/t8-,10-,11-,12+/m0/s1. The largest absolute Gasteiger partial charge is 0.353 e. The molecule has 0 aromatic carbocycles. The first kappa shape index (κ1) is 14.3. The summed E-state index contributed by atoms with van der Waals surface area (Å²) in [6.07, 6.45) is 5.94. The third kappa shape index (κ3) is 2.84. The van der Waals surface area contributed by atoms with Crippen LogP contribution in [-0.2, 0) is 11.2 Å². The first-order chi connectivity index (χ1) is 9.52. The zero-order valence-electron chi connectivity index (χ0n) is 12.1. The summed E-state index contributed by atoms with van der Waals surface area (Å²) in [4.78, 5) is 16.4. The van der Waals surface area contributed by atoms with Crippen molar-refractivity contribution in [2.24, 2.45) is 17.8 Å². The summed E-state index contributed by atoms with van der Waals surface area (Å²) in [5.41, 5.74) is 1.03. The molecule has 2 aliphatic rings. The van der Waals surface area contributed by atoms with E-state index in [4.69, 9.17) is 12.2 Å². The minimum atomic E-state index is 0.133. The fraction of sp³-hybridized carbons (Fsp3) is 0.733. The molecule has 1 heterocycles. The number of carbonyl (C=O) groups is 1. The Hall–Kier alpha value is -0.680. The van der Waals surface area contributed by atoms with E-state index in [1.165, 1.54) is 37.0 Å². The molecular weight excluding hydrogens is 288 g/mol. The smallest absolute Gasteiger partial charge is 0.225 e. The molecule has 2 fully saturated rings. The lowest BCUT2D eigenvalue weighted by atomic mass is 9.84. The van der Waals surface area contributed by atoms with Crippen molar-refractivity contribution in [3.8, 4) is 0 Å². The second-order valence-electron chi connectivity index (χ2n) is 6.43. The Morgan fingerprint density at radius 1 is 1.50 bits per heavy atom. The van der Waals surface area contributed by atoms with Gasteiger partial charge < -0.3 is 10.3 Å². The predicted octanol–water partition coefficient (Wildman–Crippen LogP) is 3.60. The van der Waals surface area contributed by atoms with Gasteiger partial charge in [0.25, 0.3) is 0 Å². The molecule has 1 aromatic rings. The number of amides is 1. The second kappa shape index (κ2) is 5.60. The number of fused-ring (bicyclic) bond motifs is 2. The average Bonchev–Trinajstić information content (AvgIpc) is 3.05. The van der Waals surface area contributed by atoms with E-state index in [9.17, 15) is 4.79 Å². The van der Waals surface area contributed by atoms with E-state index in [1.807, 2.05) is 6.92 Å². The van der Waals surface area contributed by atoms with Crippen LogP contribution in [0.3, 0.4) is 0 Å². The van der Waals surface area contributed by atoms with Gasteiger partial charge in [-0.2, -0.15) is 0 Å². The second-order valence-corrected chi connectivity index (χ2v) is 8.21. The van der Waals surface area contributed by atoms with Gasteiger partial charge in [0.15, 0.2) is 3.95 Å². The SMILES string of the molecule is Cc1[nH]c(=S)sc1CC(=O)N[C@@H](C)[C@H]1C[C@H]2CC[C@H]1C2. The lowest BCUT2D eigenvalue weighted by molar-refractivity contribution is -0.121. The number of aromatic amines is 1. The molecule has 2 bridgehead atoms. The van der Waals surface area contributed by atoms with Crippen LogP contribution in [0, 0.1) is 28.6 Å². The molecule has 2 saturated carbocycles. The summed E-state index contributed by atoms with van der Waals surface area (Å²) in [7, 11) is 0. The topological polar surface area (TPSA) is 44.9 Å². The summed E-state index contributed by atoms with van der Waals surface area (Å²) >= 11 is 6.63. The number of nitrogens with one attached hydrogen (secondary N) is 2. The number of hydrogen-bond acceptors (Lipinski definition) is 3. The van der Waals surface area contributed by atoms with Crippen molar-refractivity contribution in [1.29, 1.82) is 0 Å². The van der Waals surface area contributed by atoms with Crippen molar-refractivity contribution in [3.05, 3.63) is 14.5 Å². The van der Waals surface area contributed by atoms with E-state index in [0.29, 0.717) is 18.4 Å². The number of H-pyrrole nitrogens is 1. The number of hydrogen-bond donors (Lipinski definition) is 2. The maximum absolute atomic E-state index is 12.2. The summed E-state index contributed by atoms with van der Waals surface area (Å²) in [6.45, 7) is 4.16. The number of aryl methyl sites for hydroxylation is 1. The fourth-order valence-electron chi connectivity index (χ4n) is 4.07. The average molecular weight is 310 g/mol. The van der Waals surface area contributed by atoms with Gasteiger partial charge in [-0.3, -0.25) is 4.79 Å². The number of aromatic nitrogens is 1. The van der Waals surface area contributed by atoms with Crippen LogP contribution in [0.4, 0.5) is 0 Å². The van der Waals surface area contributed by atoms with Gasteiger partial charge in [-0.1, -0.05) is 6.42 Å². The van der Waals surface area contributed by atoms with Crippen molar-refractivity contribution in [3.63, 3.8) is 0 Å². The fourth-order valence-corrected chi connectivity index (χ4v) is 5.36. The van der Waals surface area contributed by atoms with Gasteiger partial charge in [0.2, 0.25) is 5.91 Å². The molecule has 0 aliphatic heterocycles. The molecule has 5 heteroatoms. The van der Waals surface area contributed by atoms with E-state index >= 15 is 0 Å². The lowest BCUT2D eigenvalue weighted by Crippen LogP contribution is -2.40. The molecule has 110 valence electrons. The maximum Gasteiger partial charge on any atom is 0.225 e. The Morgan fingerprint density at radius 3 is 2.85 bits per heavy atom. The molecule has 0 unspecified atom stereocenters. The molecule has 0 spiro atoms. The van der Waals surface area contributed by atoms with E-state index in [-0.39, 0.29) is 5.91 Å². The first-order valence-corrected chi connectivity index (χ1v) is 8.73. The van der Waals surface area contributed by atoms with Crippen LogP contribution in [0.5, 0.6) is 0 Å². The van der Waals surface area contributed by atoms with Gasteiger partial charge in [0.1, 0.15) is 0 Å². The highest BCUT2D eigenvalue weighted by atomic mass is 32.1. The highest BCUT2D eigenvalue weighted by Gasteiger charge is 2.42. The summed E-state index contributed by atoms with van der Waals surface area (Å²) in [5.74, 6) is 2.62. The molecule has 4 atom stereocenters. The minimum Gasteiger partial charge on any atom is -0.353 e. The Balaban J connectivity index is 1.56. The molecule has 0 radical (unpaired) electrons. The van der Waals surface area contributed by atoms with Crippen LogP contribution in [0.1, 0.15) is 43.2 Å². The maximum atomic E-state index is 12.2. The Labute approximate surface area is 129 Å². The van der Waals surface area contributed by atoms with E-state index in [2.05, 4.69) is 17.2 Å². The summed E-state index contributed by atoms with van der Waals surface area (Å²) < 4.78 is 0.756. The van der Waals surface area contributed by atoms with Gasteiger partial charge in [0, 0.05) is 16.6 Å². The van der Waals surface area contributed by atoms with Gasteiger partial charge in [-0.05, 0) is 63.1 Å². The molecule has 2 aliphatic carbocycles. The van der Waals surface area contributed by atoms with Crippen LogP contribution in [-0.4, -0.2) is 16.9 Å². The van der Waals surface area contributed by atoms with Gasteiger partial charge >= 0.3 is 0 Å². The van der Waals surface area contributed by atoms with Gasteiger partial charge in [0.05, 0.1) is 6.42 Å². The van der Waals surface area contributed by atoms with E-state index in [0.717, 1.165) is 26.4 Å². The van der Waals surface area contributed by atoms with E-state index in [1.54, 1.807) is 0 Å². The van der Waals surface area contributed by atoms with Crippen LogP contribution >= 0.6 is 23.6 Å². The number of rotatable bonds is 4. The number of carbonyl (C=O) groups excluding carboxylic acids is 1. The third-order valence-electron chi connectivity index (χ3n) is 5.07. The molecule has 2 N–H and O–H groups in total. The van der Waals surface area contributed by atoms with E-state index < -0.39 is 0 Å². The first-order valence-electron chi connectivity index (χ1n) is 7.51. The van der Waals surface area contributed by atoms with Crippen molar-refractivity contribution in [2.75, 3.05) is 0 Å². The van der Waals surface area contributed by atoms with Crippen LogP contribution in [0.2, 0.25) is 0 Å². The molecule has 0 saturated heterocycles. The summed E-state index contributed by atoms with van der Waals surface area (Å²) in [6, 6.07) is 0.310. The monoisotopic (exact) mass is 310 g/mol. The van der Waals surface area contributed by atoms with Crippen molar-refractivity contribution >= 4 is 29.5 Å². The lowest BCUT2D eigenvalue weighted by Gasteiger charge is -2.28. The highest BCUT2D eigenvalue weighted by molar-refractivity contribution is 7.73. The van der Waals surface area contributed by atoms with Crippen LogP contribution in [0.25, 0.3) is 0 Å². The van der Waals surface area contributed by atoms with Gasteiger partial charge in [-0.25, -0.2) is 0 Å². The zero-order valence-corrected chi connectivity index (χ0v) is 13.7. The molecule has 20 heavy (non-hydrogen) atoms. The van der Waals surface area contributed by atoms with Crippen LogP contribution in [0.15, 0.2) is 0 Å². The molecular formula is C15H22N2OS2. The van der Waals surface area contributed by atoms with Gasteiger partial charge in [-0.15, -0.1) is 11.3 Å². The van der Waals surface area contributed by atoms with Crippen molar-refractivity contribution in [1.82, 2.24) is 10.3 Å². The molecule has 3 rings (SSSR count). The quantitative estimate of drug-likeness (QED) is 0.835. The third-order valence-corrected chi connectivity index (χ3v) is 6.40. The Bertz CT molecular complexity index is 562. The Kier molecular flexibility index (Phi) is 4.00. The predicted molar refractivity (Wildman–Crippen MR) is 84.5 cm³/mol. The normalized spacial score (nSPS) is 29.6. The Morgan fingerprint density at radius 2 is 2.30 bits per heavy atom. The molecule has 1 amide bonds. The molecule has 3 nitrogen and oxygen atoms in total. The molecule has 1 aromatic heterocycles. The van der Waals surface area contributed by atoms with Crippen molar-refractivity contribution < 1.29 is 4.79 Å².